The molecule has 1 N–H and O–H groups in total. The third kappa shape index (κ3) is 2.30. The molecule has 2 nitrogen and oxygen atoms in total. The highest BCUT2D eigenvalue weighted by molar-refractivity contribution is 7.10. The minimum Gasteiger partial charge on any atom is -0.496 e. The van der Waals surface area contributed by atoms with E-state index in [1.165, 1.54) is 36.1 Å². The lowest BCUT2D eigenvalue weighted by atomic mass is 9.93. The number of likely N-dealkylation sites (N-methyl/N-ethyl adjacent to an activating group) is 1. The minimum absolute atomic E-state index is 0.343. The summed E-state index contributed by atoms with van der Waals surface area (Å²) < 4.78 is 5.40. The normalized spacial score (nSPS) is 18.0. The third-order valence-corrected chi connectivity index (χ3v) is 4.09. The van der Waals surface area contributed by atoms with E-state index in [-0.39, 0.29) is 0 Å². The van der Waals surface area contributed by atoms with Crippen LogP contribution in [0.1, 0.15) is 36.6 Å². The molecule has 1 atom stereocenters. The summed E-state index contributed by atoms with van der Waals surface area (Å²) >= 11 is 1.77. The summed E-state index contributed by atoms with van der Waals surface area (Å²) in [5, 5.41) is 5.51. The number of rotatable bonds is 4. The molecule has 16 heavy (non-hydrogen) atoms. The largest absolute Gasteiger partial charge is 0.496 e. The van der Waals surface area contributed by atoms with Gasteiger partial charge in [-0.15, -0.1) is 11.3 Å². The Morgan fingerprint density at radius 2 is 2.31 bits per heavy atom. The number of methoxy groups -OCH3 is 1. The fraction of sp³-hybridized carbons (Fsp3) is 0.538. The van der Waals surface area contributed by atoms with Crippen LogP contribution in [0.25, 0.3) is 0 Å². The molecule has 2 rings (SSSR count). The maximum Gasteiger partial charge on any atom is 0.134 e. The number of hydrogen-bond acceptors (Lipinski definition) is 3. The van der Waals surface area contributed by atoms with E-state index >= 15 is 0 Å². The van der Waals surface area contributed by atoms with Crippen molar-refractivity contribution < 1.29 is 4.74 Å². The Kier molecular flexibility index (Phi) is 4.02. The zero-order chi connectivity index (χ0) is 11.4. The lowest BCUT2D eigenvalue weighted by molar-refractivity contribution is 0.407. The molecular formula is C13H19NOS. The van der Waals surface area contributed by atoms with Gasteiger partial charge in [0.1, 0.15) is 5.75 Å². The number of nitrogens with one attached hydrogen (secondary N) is 1. The Bertz CT molecular complexity index is 370. The molecule has 0 spiro atoms. The van der Waals surface area contributed by atoms with Crippen LogP contribution in [0.5, 0.6) is 5.75 Å². The van der Waals surface area contributed by atoms with Crippen LogP contribution >= 0.6 is 11.3 Å². The molecule has 1 heterocycles. The van der Waals surface area contributed by atoms with Crippen molar-refractivity contribution in [1.82, 2.24) is 5.32 Å². The molecule has 0 radical (unpaired) electrons. The second-order valence-electron chi connectivity index (χ2n) is 4.10. The SMILES string of the molecule is CNC(C1=CCCCC1)c1sccc1OC. The minimum atomic E-state index is 0.343. The Balaban J connectivity index is 2.24. The highest BCUT2D eigenvalue weighted by Crippen LogP contribution is 2.37. The zero-order valence-electron chi connectivity index (χ0n) is 9.95. The van der Waals surface area contributed by atoms with E-state index in [4.69, 9.17) is 4.74 Å². The summed E-state index contributed by atoms with van der Waals surface area (Å²) in [6, 6.07) is 2.39. The van der Waals surface area contributed by atoms with E-state index in [2.05, 4.69) is 16.8 Å². The van der Waals surface area contributed by atoms with E-state index in [9.17, 15) is 0 Å². The van der Waals surface area contributed by atoms with Crippen molar-refractivity contribution in [2.24, 2.45) is 0 Å². The summed E-state index contributed by atoms with van der Waals surface area (Å²) in [5.74, 6) is 1.01. The molecule has 0 amide bonds. The fourth-order valence-corrected chi connectivity index (χ4v) is 3.31. The van der Waals surface area contributed by atoms with Crippen molar-refractivity contribution in [3.63, 3.8) is 0 Å². The van der Waals surface area contributed by atoms with Crippen molar-refractivity contribution in [1.29, 1.82) is 0 Å². The summed E-state index contributed by atoms with van der Waals surface area (Å²) in [7, 11) is 3.77. The summed E-state index contributed by atoms with van der Waals surface area (Å²) in [6.45, 7) is 0. The van der Waals surface area contributed by atoms with Crippen LogP contribution < -0.4 is 10.1 Å². The molecular weight excluding hydrogens is 218 g/mol. The highest BCUT2D eigenvalue weighted by Gasteiger charge is 2.20. The average molecular weight is 237 g/mol. The van der Waals surface area contributed by atoms with Gasteiger partial charge >= 0.3 is 0 Å². The van der Waals surface area contributed by atoms with Crippen LogP contribution in [-0.4, -0.2) is 14.2 Å². The molecule has 1 unspecified atom stereocenters. The number of hydrogen-bond donors (Lipinski definition) is 1. The molecule has 3 heteroatoms. The molecule has 1 aromatic heterocycles. The first-order chi connectivity index (χ1) is 7.86. The average Bonchev–Trinajstić information content (AvgIpc) is 2.80. The van der Waals surface area contributed by atoms with E-state index in [1.807, 2.05) is 13.1 Å². The van der Waals surface area contributed by atoms with Gasteiger partial charge in [-0.1, -0.05) is 11.6 Å². The maximum atomic E-state index is 5.40. The lowest BCUT2D eigenvalue weighted by Crippen LogP contribution is -2.19. The molecule has 1 aliphatic rings. The van der Waals surface area contributed by atoms with Gasteiger partial charge in [0.15, 0.2) is 0 Å². The maximum absolute atomic E-state index is 5.40. The van der Waals surface area contributed by atoms with Crippen LogP contribution in [0.4, 0.5) is 0 Å². The molecule has 1 aromatic rings. The van der Waals surface area contributed by atoms with Gasteiger partial charge in [0.05, 0.1) is 18.0 Å². The van der Waals surface area contributed by atoms with E-state index in [1.54, 1.807) is 18.4 Å². The van der Waals surface area contributed by atoms with Crippen molar-refractivity contribution in [2.45, 2.75) is 31.7 Å². The Morgan fingerprint density at radius 3 is 2.94 bits per heavy atom. The molecule has 0 fully saturated rings. The molecule has 1 aliphatic carbocycles. The van der Waals surface area contributed by atoms with Gasteiger partial charge in [0, 0.05) is 0 Å². The molecule has 88 valence electrons. The molecule has 0 saturated carbocycles. The molecule has 0 aromatic carbocycles. The van der Waals surface area contributed by atoms with Crippen LogP contribution in [0.2, 0.25) is 0 Å². The highest BCUT2D eigenvalue weighted by atomic mass is 32.1. The van der Waals surface area contributed by atoms with Gasteiger partial charge in [-0.25, -0.2) is 0 Å². The van der Waals surface area contributed by atoms with Crippen molar-refractivity contribution in [3.8, 4) is 5.75 Å². The second-order valence-corrected chi connectivity index (χ2v) is 5.05. The standard InChI is InChI=1S/C13H19NOS/c1-14-12(10-6-4-3-5-7-10)13-11(15-2)8-9-16-13/h6,8-9,12,14H,3-5,7H2,1-2H3. The third-order valence-electron chi connectivity index (χ3n) is 3.12. The van der Waals surface area contributed by atoms with E-state index in [0.717, 1.165) is 5.75 Å². The van der Waals surface area contributed by atoms with Crippen LogP contribution in [0.3, 0.4) is 0 Å². The number of thiophene rings is 1. The Hall–Kier alpha value is -0.800. The van der Waals surface area contributed by atoms with Crippen LogP contribution in [0, 0.1) is 0 Å². The van der Waals surface area contributed by atoms with Crippen LogP contribution in [-0.2, 0) is 0 Å². The van der Waals surface area contributed by atoms with E-state index in [0.29, 0.717) is 6.04 Å². The monoisotopic (exact) mass is 237 g/mol. The van der Waals surface area contributed by atoms with Gasteiger partial charge in [-0.3, -0.25) is 0 Å². The van der Waals surface area contributed by atoms with Crippen molar-refractivity contribution in [3.05, 3.63) is 28.0 Å². The molecule has 0 saturated heterocycles. The summed E-state index contributed by atoms with van der Waals surface area (Å²) in [5.41, 5.74) is 1.52. The number of allylic oxidation sites excluding steroid dienone is 1. The lowest BCUT2D eigenvalue weighted by Gasteiger charge is -2.22. The summed E-state index contributed by atoms with van der Waals surface area (Å²) in [6.07, 6.45) is 7.48. The predicted molar refractivity (Wildman–Crippen MR) is 69.2 cm³/mol. The van der Waals surface area contributed by atoms with Crippen molar-refractivity contribution in [2.75, 3.05) is 14.2 Å². The summed E-state index contributed by atoms with van der Waals surface area (Å²) in [4.78, 5) is 1.30. The first kappa shape index (κ1) is 11.7. The van der Waals surface area contributed by atoms with Gasteiger partial charge in [-0.05, 0) is 44.2 Å². The first-order valence-corrected chi connectivity index (χ1v) is 6.72. The topological polar surface area (TPSA) is 21.3 Å². The van der Waals surface area contributed by atoms with E-state index < -0.39 is 0 Å². The van der Waals surface area contributed by atoms with Gasteiger partial charge in [-0.2, -0.15) is 0 Å². The first-order valence-electron chi connectivity index (χ1n) is 5.84. The second kappa shape index (κ2) is 5.51. The Morgan fingerprint density at radius 1 is 1.44 bits per heavy atom. The van der Waals surface area contributed by atoms with Gasteiger partial charge in [0.25, 0.3) is 0 Å². The zero-order valence-corrected chi connectivity index (χ0v) is 10.8. The van der Waals surface area contributed by atoms with Crippen LogP contribution in [0.15, 0.2) is 23.1 Å². The number of ether oxygens (including phenoxy) is 1. The molecule has 0 bridgehead atoms. The fourth-order valence-electron chi connectivity index (χ4n) is 2.30. The quantitative estimate of drug-likeness (QED) is 0.809. The van der Waals surface area contributed by atoms with Gasteiger partial charge < -0.3 is 10.1 Å². The van der Waals surface area contributed by atoms with Gasteiger partial charge in [0.2, 0.25) is 0 Å². The molecule has 0 aliphatic heterocycles. The Labute approximate surface area is 101 Å². The van der Waals surface area contributed by atoms with Crippen molar-refractivity contribution >= 4 is 11.3 Å². The smallest absolute Gasteiger partial charge is 0.134 e. The predicted octanol–water partition coefficient (Wildman–Crippen LogP) is 3.52.